The molecule has 1 aromatic carbocycles. The van der Waals surface area contributed by atoms with E-state index in [0.717, 1.165) is 63.6 Å². The number of piperidine rings is 1. The topological polar surface area (TPSA) is 56.8 Å². The van der Waals surface area contributed by atoms with E-state index in [1.165, 1.54) is 6.42 Å². The van der Waals surface area contributed by atoms with Crippen molar-refractivity contribution < 1.29 is 9.00 Å². The van der Waals surface area contributed by atoms with Crippen molar-refractivity contribution in [2.75, 3.05) is 57.0 Å². The maximum absolute atomic E-state index is 13.1. The Kier molecular flexibility index (Phi) is 7.35. The van der Waals surface area contributed by atoms with Crippen molar-refractivity contribution in [2.24, 2.45) is 5.92 Å². The Bertz CT molecular complexity index is 899. The van der Waals surface area contributed by atoms with Crippen LogP contribution in [0.2, 0.25) is 0 Å². The number of amides is 1. The van der Waals surface area contributed by atoms with Crippen LogP contribution in [0, 0.1) is 5.92 Å². The van der Waals surface area contributed by atoms with E-state index in [1.54, 1.807) is 6.26 Å². The summed E-state index contributed by atoms with van der Waals surface area (Å²) < 4.78 is 11.5. The lowest BCUT2D eigenvalue weighted by molar-refractivity contribution is 0.0637. The predicted octanol–water partition coefficient (Wildman–Crippen LogP) is 2.63. The molecule has 0 aliphatic carbocycles. The van der Waals surface area contributed by atoms with Gasteiger partial charge in [0.2, 0.25) is 0 Å². The molecule has 1 amide bonds. The van der Waals surface area contributed by atoms with E-state index in [0.29, 0.717) is 17.2 Å². The van der Waals surface area contributed by atoms with Gasteiger partial charge in [-0.05, 0) is 48.6 Å². The van der Waals surface area contributed by atoms with Crippen LogP contribution in [0.15, 0.2) is 48.7 Å². The minimum atomic E-state index is -0.906. The van der Waals surface area contributed by atoms with Crippen LogP contribution in [0.25, 0.3) is 0 Å². The maximum atomic E-state index is 13.1. The smallest absolute Gasteiger partial charge is 0.253 e. The SMILES string of the molecule is CS(=O)Cc1cccc(C(=O)N2CCCC(CN3CCN(c4ccccn4)CC3)C2)c1. The van der Waals surface area contributed by atoms with Crippen molar-refractivity contribution in [3.8, 4) is 0 Å². The molecule has 31 heavy (non-hydrogen) atoms. The molecule has 2 aliphatic rings. The molecule has 6 nitrogen and oxygen atoms in total. The largest absolute Gasteiger partial charge is 0.354 e. The van der Waals surface area contributed by atoms with E-state index in [4.69, 9.17) is 0 Å². The highest BCUT2D eigenvalue weighted by Crippen LogP contribution is 2.22. The highest BCUT2D eigenvalue weighted by molar-refractivity contribution is 7.83. The fourth-order valence-corrected chi connectivity index (χ4v) is 5.32. The van der Waals surface area contributed by atoms with E-state index in [2.05, 4.69) is 20.9 Å². The highest BCUT2D eigenvalue weighted by Gasteiger charge is 2.27. The number of rotatable bonds is 6. The van der Waals surface area contributed by atoms with E-state index in [9.17, 15) is 9.00 Å². The molecule has 0 saturated carbocycles. The van der Waals surface area contributed by atoms with Crippen LogP contribution in [0.5, 0.6) is 0 Å². The van der Waals surface area contributed by atoms with Gasteiger partial charge in [-0.1, -0.05) is 18.2 Å². The molecule has 4 rings (SSSR count). The number of nitrogens with zero attached hydrogens (tertiary/aromatic N) is 4. The minimum Gasteiger partial charge on any atom is -0.354 e. The van der Waals surface area contributed by atoms with Gasteiger partial charge in [0.05, 0.1) is 0 Å². The molecule has 0 N–H and O–H groups in total. The number of hydrogen-bond acceptors (Lipinski definition) is 5. The Hall–Kier alpha value is -2.25. The van der Waals surface area contributed by atoms with E-state index in [-0.39, 0.29) is 5.91 Å². The van der Waals surface area contributed by atoms with Gasteiger partial charge >= 0.3 is 0 Å². The summed E-state index contributed by atoms with van der Waals surface area (Å²) in [5, 5.41) is 0. The quantitative estimate of drug-likeness (QED) is 0.691. The molecule has 2 unspecified atom stereocenters. The molecular weight excluding hydrogens is 408 g/mol. The number of carbonyl (C=O) groups excluding carboxylic acids is 1. The third-order valence-corrected chi connectivity index (χ3v) is 6.95. The molecule has 1 aromatic heterocycles. The van der Waals surface area contributed by atoms with Crippen molar-refractivity contribution in [1.82, 2.24) is 14.8 Å². The normalized spacial score (nSPS) is 21.1. The summed E-state index contributed by atoms with van der Waals surface area (Å²) in [6, 6.07) is 13.7. The molecule has 2 atom stereocenters. The van der Waals surface area contributed by atoms with Gasteiger partial charge in [-0.25, -0.2) is 4.98 Å². The maximum Gasteiger partial charge on any atom is 0.253 e. The number of aromatic nitrogens is 1. The molecule has 0 spiro atoms. The molecule has 2 aromatic rings. The summed E-state index contributed by atoms with van der Waals surface area (Å²) in [7, 11) is -0.906. The second kappa shape index (κ2) is 10.4. The zero-order valence-corrected chi connectivity index (χ0v) is 19.1. The molecule has 0 radical (unpaired) electrons. The monoisotopic (exact) mass is 440 g/mol. The summed E-state index contributed by atoms with van der Waals surface area (Å²) in [5.74, 6) is 2.18. The first kappa shape index (κ1) is 22.0. The van der Waals surface area contributed by atoms with Gasteiger partial charge in [-0.3, -0.25) is 13.9 Å². The first-order valence-corrected chi connectivity index (χ1v) is 12.9. The Morgan fingerprint density at radius 2 is 1.94 bits per heavy atom. The number of carbonyl (C=O) groups is 1. The van der Waals surface area contributed by atoms with Gasteiger partial charge < -0.3 is 9.80 Å². The van der Waals surface area contributed by atoms with Crippen LogP contribution in [0.4, 0.5) is 5.82 Å². The van der Waals surface area contributed by atoms with E-state index >= 15 is 0 Å². The lowest BCUT2D eigenvalue weighted by Crippen LogP contribution is -2.50. The van der Waals surface area contributed by atoms with Crippen molar-refractivity contribution in [2.45, 2.75) is 18.6 Å². The summed E-state index contributed by atoms with van der Waals surface area (Å²) in [5.41, 5.74) is 1.68. The number of benzene rings is 1. The Balaban J connectivity index is 1.30. The van der Waals surface area contributed by atoms with Crippen LogP contribution in [-0.2, 0) is 16.6 Å². The third kappa shape index (κ3) is 5.92. The highest BCUT2D eigenvalue weighted by atomic mass is 32.2. The lowest BCUT2D eigenvalue weighted by Gasteiger charge is -2.39. The molecule has 0 bridgehead atoms. The number of pyridine rings is 1. The molecule has 3 heterocycles. The van der Waals surface area contributed by atoms with Crippen molar-refractivity contribution >= 4 is 22.5 Å². The standard InChI is InChI=1S/C24H32N4O2S/c1-31(30)19-20-6-4-8-22(16-20)24(29)28-11-5-7-21(18-28)17-26-12-14-27(15-13-26)23-9-2-3-10-25-23/h2-4,6,8-10,16,21H,5,7,11-15,17-19H2,1H3. The summed E-state index contributed by atoms with van der Waals surface area (Å²) in [6.45, 7) is 6.77. The van der Waals surface area contributed by atoms with Gasteiger partial charge in [0.25, 0.3) is 5.91 Å². The van der Waals surface area contributed by atoms with Crippen LogP contribution in [0.3, 0.4) is 0 Å². The number of hydrogen-bond donors (Lipinski definition) is 0. The zero-order chi connectivity index (χ0) is 21.6. The van der Waals surface area contributed by atoms with Crippen LogP contribution in [-0.4, -0.2) is 77.0 Å². The Morgan fingerprint density at radius 1 is 1.10 bits per heavy atom. The average molecular weight is 441 g/mol. The van der Waals surface area contributed by atoms with Crippen LogP contribution < -0.4 is 4.90 Å². The van der Waals surface area contributed by atoms with E-state index < -0.39 is 10.8 Å². The number of anilines is 1. The molecule has 2 fully saturated rings. The number of likely N-dealkylation sites (tertiary alicyclic amines) is 1. The lowest BCUT2D eigenvalue weighted by atomic mass is 9.96. The molecule has 2 aliphatic heterocycles. The molecule has 166 valence electrons. The van der Waals surface area contributed by atoms with Gasteiger partial charge in [-0.15, -0.1) is 0 Å². The molecule has 7 heteroatoms. The zero-order valence-electron chi connectivity index (χ0n) is 18.3. The minimum absolute atomic E-state index is 0.105. The second-order valence-corrected chi connectivity index (χ2v) is 10.1. The van der Waals surface area contributed by atoms with Gasteiger partial charge in [0.15, 0.2) is 0 Å². The van der Waals surface area contributed by atoms with Gasteiger partial charge in [0.1, 0.15) is 5.82 Å². The first-order valence-electron chi connectivity index (χ1n) is 11.1. The van der Waals surface area contributed by atoms with Gasteiger partial charge in [0, 0.05) is 80.4 Å². The predicted molar refractivity (Wildman–Crippen MR) is 126 cm³/mol. The average Bonchev–Trinajstić information content (AvgIpc) is 2.80. The van der Waals surface area contributed by atoms with E-state index in [1.807, 2.05) is 47.5 Å². The summed E-state index contributed by atoms with van der Waals surface area (Å²) >= 11 is 0. The van der Waals surface area contributed by atoms with Crippen LogP contribution in [0.1, 0.15) is 28.8 Å². The Morgan fingerprint density at radius 3 is 2.68 bits per heavy atom. The van der Waals surface area contributed by atoms with Crippen molar-refractivity contribution in [3.63, 3.8) is 0 Å². The molecule has 2 saturated heterocycles. The van der Waals surface area contributed by atoms with Gasteiger partial charge in [-0.2, -0.15) is 0 Å². The van der Waals surface area contributed by atoms with Crippen molar-refractivity contribution in [3.05, 3.63) is 59.8 Å². The summed E-state index contributed by atoms with van der Waals surface area (Å²) in [4.78, 5) is 24.5. The van der Waals surface area contributed by atoms with Crippen molar-refractivity contribution in [1.29, 1.82) is 0 Å². The third-order valence-electron chi connectivity index (χ3n) is 6.21. The van der Waals surface area contributed by atoms with Crippen LogP contribution >= 0.6 is 0 Å². The number of piperazine rings is 1. The first-order chi connectivity index (χ1) is 15.1. The fourth-order valence-electron chi connectivity index (χ4n) is 4.68. The second-order valence-electron chi connectivity index (χ2n) is 8.65. The summed E-state index contributed by atoms with van der Waals surface area (Å²) in [6.07, 6.45) is 5.79. The molecular formula is C24H32N4O2S. The Labute approximate surface area is 187 Å². The fraction of sp³-hybridized carbons (Fsp3) is 0.500.